The van der Waals surface area contributed by atoms with Crippen molar-refractivity contribution >= 4 is 29.1 Å². The molecule has 0 fully saturated rings. The number of halogens is 1. The van der Waals surface area contributed by atoms with Crippen molar-refractivity contribution in [3.8, 4) is 0 Å². The lowest BCUT2D eigenvalue weighted by Gasteiger charge is -2.08. The number of rotatable bonds is 6. The van der Waals surface area contributed by atoms with Crippen molar-refractivity contribution in [3.05, 3.63) is 113 Å². The van der Waals surface area contributed by atoms with E-state index in [0.717, 1.165) is 27.8 Å². The maximum Gasteiger partial charge on any atom is 0.335 e. The number of hydrogen-bond acceptors (Lipinski definition) is 2. The normalized spacial score (nSPS) is 13.6. The SMILES string of the molecule is O=C(CC1=CC(=Cc2ccc(C(=O)O)cc2)c2ccc(F)cc21)NCc1ccccc1. The van der Waals surface area contributed by atoms with E-state index >= 15 is 0 Å². The fourth-order valence-electron chi connectivity index (χ4n) is 3.58. The zero-order valence-corrected chi connectivity index (χ0v) is 16.6. The first-order valence-electron chi connectivity index (χ1n) is 9.86. The Bertz CT molecular complexity index is 1200. The number of carbonyl (C=O) groups excluding carboxylic acids is 1. The third kappa shape index (κ3) is 4.78. The summed E-state index contributed by atoms with van der Waals surface area (Å²) in [5.41, 5.74) is 5.17. The Hall–Kier alpha value is -3.99. The Morgan fingerprint density at radius 3 is 2.39 bits per heavy atom. The zero-order chi connectivity index (χ0) is 21.8. The quantitative estimate of drug-likeness (QED) is 0.586. The molecule has 0 atom stereocenters. The fourth-order valence-corrected chi connectivity index (χ4v) is 3.58. The van der Waals surface area contributed by atoms with Crippen LogP contribution in [0.25, 0.3) is 17.2 Å². The molecule has 2 N–H and O–H groups in total. The number of carbonyl (C=O) groups is 2. The lowest BCUT2D eigenvalue weighted by Crippen LogP contribution is -2.22. The summed E-state index contributed by atoms with van der Waals surface area (Å²) in [6.45, 7) is 0.432. The van der Waals surface area contributed by atoms with Crippen LogP contribution in [0.1, 0.15) is 39.0 Å². The molecule has 0 saturated carbocycles. The Morgan fingerprint density at radius 1 is 0.935 bits per heavy atom. The summed E-state index contributed by atoms with van der Waals surface area (Å²) < 4.78 is 13.9. The standard InChI is InChI=1S/C26H20FNO3/c27-22-10-11-23-20(12-17-6-8-19(9-7-17)26(30)31)13-21(24(23)15-22)14-25(29)28-16-18-4-2-1-3-5-18/h1-13,15H,14,16H2,(H,28,29)(H,30,31). The summed E-state index contributed by atoms with van der Waals surface area (Å²) in [4.78, 5) is 23.6. The third-order valence-corrected chi connectivity index (χ3v) is 5.13. The molecule has 154 valence electrons. The van der Waals surface area contributed by atoms with E-state index in [0.29, 0.717) is 12.1 Å². The molecule has 31 heavy (non-hydrogen) atoms. The van der Waals surface area contributed by atoms with Gasteiger partial charge in [-0.3, -0.25) is 4.79 Å². The Labute approximate surface area is 179 Å². The second-order valence-corrected chi connectivity index (χ2v) is 7.33. The number of benzene rings is 3. The van der Waals surface area contributed by atoms with E-state index in [-0.39, 0.29) is 23.7 Å². The molecule has 0 saturated heterocycles. The van der Waals surface area contributed by atoms with E-state index in [1.807, 2.05) is 42.5 Å². The van der Waals surface area contributed by atoms with Crippen molar-refractivity contribution in [1.29, 1.82) is 0 Å². The molecule has 1 amide bonds. The summed E-state index contributed by atoms with van der Waals surface area (Å²) in [5, 5.41) is 12.0. The van der Waals surface area contributed by atoms with Crippen LogP contribution in [0.15, 0.2) is 78.9 Å². The van der Waals surface area contributed by atoms with E-state index in [4.69, 9.17) is 5.11 Å². The van der Waals surface area contributed by atoms with Gasteiger partial charge in [0, 0.05) is 6.54 Å². The highest BCUT2D eigenvalue weighted by Gasteiger charge is 2.21. The molecule has 4 nitrogen and oxygen atoms in total. The van der Waals surface area contributed by atoms with Crippen molar-refractivity contribution in [2.75, 3.05) is 0 Å². The molecule has 0 aromatic heterocycles. The molecule has 0 unspecified atom stereocenters. The minimum Gasteiger partial charge on any atom is -0.478 e. The van der Waals surface area contributed by atoms with Crippen LogP contribution in [-0.4, -0.2) is 17.0 Å². The largest absolute Gasteiger partial charge is 0.478 e. The minimum atomic E-state index is -0.982. The summed E-state index contributed by atoms with van der Waals surface area (Å²) in [5.74, 6) is -1.48. The summed E-state index contributed by atoms with van der Waals surface area (Å²) in [6.07, 6.45) is 3.92. The van der Waals surface area contributed by atoms with Crippen LogP contribution in [-0.2, 0) is 11.3 Å². The van der Waals surface area contributed by atoms with Crippen LogP contribution in [0, 0.1) is 5.82 Å². The van der Waals surface area contributed by atoms with Crippen molar-refractivity contribution in [2.24, 2.45) is 0 Å². The van der Waals surface area contributed by atoms with Gasteiger partial charge in [-0.15, -0.1) is 0 Å². The average molecular weight is 413 g/mol. The molecule has 5 heteroatoms. The second kappa shape index (κ2) is 8.79. The van der Waals surface area contributed by atoms with Gasteiger partial charge in [0.15, 0.2) is 0 Å². The third-order valence-electron chi connectivity index (χ3n) is 5.13. The van der Waals surface area contributed by atoms with Crippen LogP contribution in [0.5, 0.6) is 0 Å². The van der Waals surface area contributed by atoms with Gasteiger partial charge < -0.3 is 10.4 Å². The van der Waals surface area contributed by atoms with Crippen LogP contribution >= 0.6 is 0 Å². The first-order valence-corrected chi connectivity index (χ1v) is 9.86. The van der Waals surface area contributed by atoms with E-state index in [1.54, 1.807) is 18.2 Å². The fraction of sp³-hybridized carbons (Fsp3) is 0.0769. The van der Waals surface area contributed by atoms with E-state index < -0.39 is 5.97 Å². The molecule has 0 aliphatic heterocycles. The second-order valence-electron chi connectivity index (χ2n) is 7.33. The predicted molar refractivity (Wildman–Crippen MR) is 119 cm³/mol. The number of nitrogens with one attached hydrogen (secondary N) is 1. The number of allylic oxidation sites excluding steroid dienone is 2. The average Bonchev–Trinajstić information content (AvgIpc) is 3.09. The molecule has 0 bridgehead atoms. The zero-order valence-electron chi connectivity index (χ0n) is 16.6. The molecule has 0 heterocycles. The smallest absolute Gasteiger partial charge is 0.335 e. The molecule has 1 aliphatic carbocycles. The highest BCUT2D eigenvalue weighted by molar-refractivity contribution is 6.05. The van der Waals surface area contributed by atoms with Gasteiger partial charge in [-0.25, -0.2) is 9.18 Å². The van der Waals surface area contributed by atoms with E-state index in [2.05, 4.69) is 5.32 Å². The molecule has 1 aliphatic rings. The van der Waals surface area contributed by atoms with E-state index in [9.17, 15) is 14.0 Å². The van der Waals surface area contributed by atoms with E-state index in [1.165, 1.54) is 24.3 Å². The summed E-state index contributed by atoms with van der Waals surface area (Å²) >= 11 is 0. The molecule has 0 spiro atoms. The number of carboxylic acid groups (broad SMARTS) is 1. The van der Waals surface area contributed by atoms with Gasteiger partial charge in [0.05, 0.1) is 12.0 Å². The first-order chi connectivity index (χ1) is 15.0. The lowest BCUT2D eigenvalue weighted by molar-refractivity contribution is -0.120. The number of fused-ring (bicyclic) bond motifs is 1. The topological polar surface area (TPSA) is 66.4 Å². The Balaban J connectivity index is 1.56. The highest BCUT2D eigenvalue weighted by atomic mass is 19.1. The van der Waals surface area contributed by atoms with Gasteiger partial charge in [0.25, 0.3) is 0 Å². The molecular weight excluding hydrogens is 393 g/mol. The molecule has 4 rings (SSSR count). The van der Waals surface area contributed by atoms with Gasteiger partial charge in [-0.2, -0.15) is 0 Å². The van der Waals surface area contributed by atoms with Gasteiger partial charge in [-0.05, 0) is 69.8 Å². The Kier molecular flexibility index (Phi) is 5.76. The Morgan fingerprint density at radius 2 is 1.68 bits per heavy atom. The van der Waals surface area contributed by atoms with Crippen molar-refractivity contribution in [1.82, 2.24) is 5.32 Å². The summed E-state index contributed by atoms with van der Waals surface area (Å²) in [7, 11) is 0. The maximum absolute atomic E-state index is 13.9. The summed E-state index contributed by atoms with van der Waals surface area (Å²) in [6, 6.07) is 20.7. The van der Waals surface area contributed by atoms with Gasteiger partial charge in [0.1, 0.15) is 5.82 Å². The van der Waals surface area contributed by atoms with Crippen LogP contribution in [0.4, 0.5) is 4.39 Å². The number of aromatic carboxylic acids is 1. The van der Waals surface area contributed by atoms with Gasteiger partial charge in [-0.1, -0.05) is 48.5 Å². The molecule has 0 radical (unpaired) electrons. The maximum atomic E-state index is 13.9. The van der Waals surface area contributed by atoms with Crippen molar-refractivity contribution in [2.45, 2.75) is 13.0 Å². The number of hydrogen-bond donors (Lipinski definition) is 2. The highest BCUT2D eigenvalue weighted by Crippen LogP contribution is 2.38. The van der Waals surface area contributed by atoms with Crippen molar-refractivity contribution < 1.29 is 19.1 Å². The molecule has 3 aromatic rings. The molecule has 3 aromatic carbocycles. The van der Waals surface area contributed by atoms with Crippen LogP contribution < -0.4 is 5.32 Å². The van der Waals surface area contributed by atoms with Crippen LogP contribution in [0.2, 0.25) is 0 Å². The van der Waals surface area contributed by atoms with Gasteiger partial charge >= 0.3 is 5.97 Å². The lowest BCUT2D eigenvalue weighted by atomic mass is 10.0. The van der Waals surface area contributed by atoms with Crippen LogP contribution in [0.3, 0.4) is 0 Å². The minimum absolute atomic E-state index is 0.137. The monoisotopic (exact) mass is 413 g/mol. The number of amides is 1. The molecular formula is C26H20FNO3. The predicted octanol–water partition coefficient (Wildman–Crippen LogP) is 5.17. The van der Waals surface area contributed by atoms with Crippen molar-refractivity contribution in [3.63, 3.8) is 0 Å². The van der Waals surface area contributed by atoms with Gasteiger partial charge in [0.2, 0.25) is 5.91 Å². The first kappa shape index (κ1) is 20.3. The number of carboxylic acids is 1.